The molecule has 1 aliphatic heterocycles. The molecule has 0 spiro atoms. The molecule has 0 bridgehead atoms. The Kier molecular flexibility index (Phi) is 5.33. The van der Waals surface area contributed by atoms with Crippen molar-refractivity contribution in [2.45, 2.75) is 26.7 Å². The highest BCUT2D eigenvalue weighted by Gasteiger charge is 2.32. The van der Waals surface area contributed by atoms with Gasteiger partial charge in [-0.25, -0.2) is 0 Å². The number of nitriles is 1. The van der Waals surface area contributed by atoms with Crippen LogP contribution >= 0.6 is 23.4 Å². The maximum atomic E-state index is 12.1. The number of halogens is 1. The zero-order valence-electron chi connectivity index (χ0n) is 12.7. The largest absolute Gasteiger partial charge is 0.353 e. The van der Waals surface area contributed by atoms with Crippen molar-refractivity contribution in [2.75, 3.05) is 5.75 Å². The molecule has 22 heavy (non-hydrogen) atoms. The maximum Gasteiger partial charge on any atom is 0.158 e. The molecule has 0 saturated carbocycles. The quantitative estimate of drug-likeness (QED) is 0.889. The Hall–Kier alpha value is -1.70. The van der Waals surface area contributed by atoms with Gasteiger partial charge < -0.3 is 5.32 Å². The lowest BCUT2D eigenvalue weighted by atomic mass is 9.81. The van der Waals surface area contributed by atoms with Crippen LogP contribution in [0.3, 0.4) is 0 Å². The minimum atomic E-state index is -0.338. The molecule has 1 heterocycles. The molecular formula is C17H17ClN2OS. The van der Waals surface area contributed by atoms with E-state index < -0.39 is 0 Å². The predicted octanol–water partition coefficient (Wildman–Crippen LogP) is 4.38. The summed E-state index contributed by atoms with van der Waals surface area (Å²) in [6.07, 6.45) is 0. The van der Waals surface area contributed by atoms with Crippen molar-refractivity contribution in [3.63, 3.8) is 0 Å². The average molecular weight is 333 g/mol. The number of Topliss-reactive ketones (excluding diaryl/α,β-unsaturated/α-hetero) is 1. The van der Waals surface area contributed by atoms with Crippen LogP contribution in [0.25, 0.3) is 0 Å². The van der Waals surface area contributed by atoms with E-state index in [4.69, 9.17) is 11.6 Å². The van der Waals surface area contributed by atoms with E-state index >= 15 is 0 Å². The first kappa shape index (κ1) is 16.7. The van der Waals surface area contributed by atoms with Gasteiger partial charge >= 0.3 is 0 Å². The fraction of sp³-hybridized carbons (Fsp3) is 0.294. The molecule has 114 valence electrons. The minimum absolute atomic E-state index is 0.0294. The Morgan fingerprint density at radius 2 is 2.05 bits per heavy atom. The molecule has 1 atom stereocenters. The first-order valence-electron chi connectivity index (χ1n) is 7.00. The van der Waals surface area contributed by atoms with E-state index in [0.29, 0.717) is 16.2 Å². The van der Waals surface area contributed by atoms with Crippen LogP contribution in [0.4, 0.5) is 0 Å². The Morgan fingerprint density at radius 1 is 1.41 bits per heavy atom. The fourth-order valence-electron chi connectivity index (χ4n) is 2.63. The molecule has 0 aliphatic carbocycles. The van der Waals surface area contributed by atoms with Crippen LogP contribution in [-0.2, 0) is 4.79 Å². The van der Waals surface area contributed by atoms with Crippen LogP contribution in [-0.4, -0.2) is 11.5 Å². The summed E-state index contributed by atoms with van der Waals surface area (Å²) in [6, 6.07) is 9.61. The predicted molar refractivity (Wildman–Crippen MR) is 91.5 cm³/mol. The summed E-state index contributed by atoms with van der Waals surface area (Å²) in [7, 11) is 0. The number of carbonyl (C=O) groups is 1. The van der Waals surface area contributed by atoms with Gasteiger partial charge in [-0.3, -0.25) is 4.79 Å². The monoisotopic (exact) mass is 332 g/mol. The molecule has 0 fully saturated rings. The Labute approximate surface area is 140 Å². The number of thioether (sulfide) groups is 1. The summed E-state index contributed by atoms with van der Waals surface area (Å²) in [5, 5.41) is 14.3. The number of hydrogen-bond acceptors (Lipinski definition) is 4. The number of ketones is 1. The summed E-state index contributed by atoms with van der Waals surface area (Å²) >= 11 is 7.53. The summed E-state index contributed by atoms with van der Waals surface area (Å²) in [5.41, 5.74) is 2.94. The van der Waals surface area contributed by atoms with Gasteiger partial charge in [0.15, 0.2) is 5.78 Å². The van der Waals surface area contributed by atoms with E-state index in [1.54, 1.807) is 23.9 Å². The van der Waals surface area contributed by atoms with E-state index in [1.165, 1.54) is 6.92 Å². The van der Waals surface area contributed by atoms with Crippen LogP contribution in [0.5, 0.6) is 0 Å². The Balaban J connectivity index is 2.63. The van der Waals surface area contributed by atoms with Crippen molar-refractivity contribution >= 4 is 29.1 Å². The second-order valence-electron chi connectivity index (χ2n) is 4.99. The molecule has 0 aromatic heterocycles. The van der Waals surface area contributed by atoms with Crippen molar-refractivity contribution < 1.29 is 4.79 Å². The fourth-order valence-corrected chi connectivity index (χ4v) is 3.59. The summed E-state index contributed by atoms with van der Waals surface area (Å²) in [5.74, 6) is 0.483. The molecule has 0 amide bonds. The molecule has 1 N–H and O–H groups in total. The number of allylic oxidation sites excluding steroid dienone is 3. The number of rotatable bonds is 4. The van der Waals surface area contributed by atoms with E-state index in [2.05, 4.69) is 11.4 Å². The first-order valence-corrected chi connectivity index (χ1v) is 8.37. The maximum absolute atomic E-state index is 12.1. The zero-order valence-corrected chi connectivity index (χ0v) is 14.3. The van der Waals surface area contributed by atoms with E-state index in [-0.39, 0.29) is 11.7 Å². The molecule has 1 aromatic rings. The number of benzene rings is 1. The highest BCUT2D eigenvalue weighted by atomic mass is 35.5. The summed E-state index contributed by atoms with van der Waals surface area (Å²) in [6.45, 7) is 5.45. The van der Waals surface area contributed by atoms with Gasteiger partial charge in [0.25, 0.3) is 0 Å². The molecule has 1 aromatic carbocycles. The Bertz CT molecular complexity index is 698. The van der Waals surface area contributed by atoms with Gasteiger partial charge in [-0.2, -0.15) is 5.26 Å². The lowest BCUT2D eigenvalue weighted by Gasteiger charge is -2.29. The third kappa shape index (κ3) is 3.21. The van der Waals surface area contributed by atoms with Gasteiger partial charge in [0.2, 0.25) is 0 Å². The number of nitrogens with zero attached hydrogens (tertiary/aromatic N) is 1. The van der Waals surface area contributed by atoms with Crippen molar-refractivity contribution in [3.05, 3.63) is 56.7 Å². The molecule has 3 nitrogen and oxygen atoms in total. The molecular weight excluding hydrogens is 316 g/mol. The second-order valence-corrected chi connectivity index (χ2v) is 6.70. The van der Waals surface area contributed by atoms with E-state index in [0.717, 1.165) is 22.0 Å². The summed E-state index contributed by atoms with van der Waals surface area (Å²) in [4.78, 5) is 12.1. The van der Waals surface area contributed by atoms with Gasteiger partial charge in [-0.1, -0.05) is 30.7 Å². The van der Waals surface area contributed by atoms with Gasteiger partial charge in [0, 0.05) is 16.3 Å². The normalized spacial score (nSPS) is 18.0. The highest BCUT2D eigenvalue weighted by molar-refractivity contribution is 8.03. The van der Waals surface area contributed by atoms with E-state index in [9.17, 15) is 10.1 Å². The number of nitrogens with one attached hydrogen (secondary N) is 1. The Morgan fingerprint density at radius 3 is 2.55 bits per heavy atom. The molecule has 2 rings (SSSR count). The van der Waals surface area contributed by atoms with Crippen LogP contribution < -0.4 is 5.32 Å². The van der Waals surface area contributed by atoms with Crippen molar-refractivity contribution in [1.82, 2.24) is 5.32 Å². The third-order valence-electron chi connectivity index (χ3n) is 3.52. The lowest BCUT2D eigenvalue weighted by Crippen LogP contribution is -2.27. The summed E-state index contributed by atoms with van der Waals surface area (Å²) < 4.78 is 0. The topological polar surface area (TPSA) is 52.9 Å². The molecule has 0 saturated heterocycles. The van der Waals surface area contributed by atoms with Gasteiger partial charge in [-0.05, 0) is 37.3 Å². The third-order valence-corrected chi connectivity index (χ3v) is 4.67. The van der Waals surface area contributed by atoms with Crippen molar-refractivity contribution in [2.24, 2.45) is 0 Å². The number of carbonyl (C=O) groups excluding carboxylic acids is 1. The van der Waals surface area contributed by atoms with Crippen LogP contribution in [0, 0.1) is 11.3 Å². The minimum Gasteiger partial charge on any atom is -0.353 e. The standard InChI is InChI=1S/C17H17ClN2OS/c1-4-22-17-14(9-19)16(12-5-7-13(18)8-6-12)15(11(3)21)10(2)20-17/h5-8,16,20H,4H2,1-3H3/t16-/m0/s1. The lowest BCUT2D eigenvalue weighted by molar-refractivity contribution is -0.113. The zero-order chi connectivity index (χ0) is 16.3. The van der Waals surface area contributed by atoms with Crippen LogP contribution in [0.15, 0.2) is 46.1 Å². The average Bonchev–Trinajstić information content (AvgIpc) is 2.47. The second kappa shape index (κ2) is 7.04. The van der Waals surface area contributed by atoms with E-state index in [1.807, 2.05) is 26.0 Å². The molecule has 5 heteroatoms. The first-order chi connectivity index (χ1) is 10.5. The highest BCUT2D eigenvalue weighted by Crippen LogP contribution is 2.40. The van der Waals surface area contributed by atoms with Gasteiger partial charge in [-0.15, -0.1) is 11.8 Å². The number of hydrogen-bond donors (Lipinski definition) is 1. The molecule has 0 unspecified atom stereocenters. The van der Waals surface area contributed by atoms with Crippen LogP contribution in [0.2, 0.25) is 5.02 Å². The van der Waals surface area contributed by atoms with Crippen molar-refractivity contribution in [3.8, 4) is 6.07 Å². The van der Waals surface area contributed by atoms with Crippen LogP contribution in [0.1, 0.15) is 32.3 Å². The molecule has 0 radical (unpaired) electrons. The van der Waals surface area contributed by atoms with Gasteiger partial charge in [0.1, 0.15) is 0 Å². The molecule has 1 aliphatic rings. The van der Waals surface area contributed by atoms with Gasteiger partial charge in [0.05, 0.1) is 22.6 Å². The van der Waals surface area contributed by atoms with Crippen molar-refractivity contribution in [1.29, 1.82) is 5.26 Å². The SMILES string of the molecule is CCSC1=C(C#N)[C@H](c2ccc(Cl)cc2)C(C(C)=O)=C(C)N1. The number of dihydropyridines is 1. The smallest absolute Gasteiger partial charge is 0.158 e.